The summed E-state index contributed by atoms with van der Waals surface area (Å²) in [6.07, 6.45) is -3.77. The monoisotopic (exact) mass is 461 g/mol. The van der Waals surface area contributed by atoms with Crippen LogP contribution in [0.1, 0.15) is 11.1 Å². The Morgan fingerprint density at radius 3 is 2.56 bits per heavy atom. The summed E-state index contributed by atoms with van der Waals surface area (Å²) >= 11 is 6.07. The first-order valence-corrected chi connectivity index (χ1v) is 10.6. The number of amides is 1. The molecule has 0 spiro atoms. The summed E-state index contributed by atoms with van der Waals surface area (Å²) < 4.78 is 44.5. The van der Waals surface area contributed by atoms with Gasteiger partial charge in [0.25, 0.3) is 5.91 Å². The number of anilines is 1. The molecular weight excluding hydrogens is 443 g/mol. The summed E-state index contributed by atoms with van der Waals surface area (Å²) in [5.41, 5.74) is 0.159. The van der Waals surface area contributed by atoms with E-state index in [1.54, 1.807) is 9.80 Å². The fourth-order valence-electron chi connectivity index (χ4n) is 4.32. The number of piperazine rings is 1. The fourth-order valence-corrected chi connectivity index (χ4v) is 4.60. The number of nitrogens with zero attached hydrogens (tertiary/aromatic N) is 3. The van der Waals surface area contributed by atoms with Crippen molar-refractivity contribution in [2.75, 3.05) is 31.1 Å². The lowest BCUT2D eigenvalue weighted by Gasteiger charge is -2.36. The van der Waals surface area contributed by atoms with E-state index >= 15 is 0 Å². The van der Waals surface area contributed by atoms with Crippen molar-refractivity contribution in [1.82, 2.24) is 9.88 Å². The minimum absolute atomic E-state index is 0.0546. The molecule has 1 amide bonds. The number of hydrogen-bond acceptors (Lipinski definition) is 4. The predicted octanol–water partition coefficient (Wildman–Crippen LogP) is 4.56. The number of alkyl halides is 3. The van der Waals surface area contributed by atoms with Gasteiger partial charge in [-0.3, -0.25) is 4.79 Å². The van der Waals surface area contributed by atoms with Gasteiger partial charge in [-0.15, -0.1) is 0 Å². The standard InChI is InChI=1S/C23H19ClF3N3O2/c24-18-11-15(23(25,26)27)13-28-21(18)29-7-9-30(10-8-29)22(31)20-12-17-16-4-2-1-3-14(16)5-6-19(17)32-20/h1-6,11,13,20H,7-10,12H2/t20-/m0/s1. The molecule has 2 aromatic carbocycles. The van der Waals surface area contributed by atoms with Gasteiger partial charge in [0.1, 0.15) is 11.6 Å². The molecule has 5 nitrogen and oxygen atoms in total. The lowest BCUT2D eigenvalue weighted by atomic mass is 10.0. The van der Waals surface area contributed by atoms with E-state index in [0.717, 1.165) is 34.3 Å². The van der Waals surface area contributed by atoms with Crippen LogP contribution in [0.2, 0.25) is 5.02 Å². The van der Waals surface area contributed by atoms with Crippen LogP contribution in [0.3, 0.4) is 0 Å². The molecule has 1 atom stereocenters. The summed E-state index contributed by atoms with van der Waals surface area (Å²) in [6.45, 7) is 1.67. The third kappa shape index (κ3) is 3.72. The van der Waals surface area contributed by atoms with Gasteiger partial charge in [-0.25, -0.2) is 4.98 Å². The SMILES string of the molecule is O=C([C@@H]1Cc2c(ccc3ccccc23)O1)N1CCN(c2ncc(C(F)(F)F)cc2Cl)CC1. The van der Waals surface area contributed by atoms with E-state index in [0.29, 0.717) is 38.4 Å². The topological polar surface area (TPSA) is 45.7 Å². The maximum Gasteiger partial charge on any atom is 0.417 e. The molecule has 9 heteroatoms. The second kappa shape index (κ2) is 7.85. The van der Waals surface area contributed by atoms with E-state index in [1.807, 2.05) is 36.4 Å². The summed E-state index contributed by atoms with van der Waals surface area (Å²) in [5.74, 6) is 0.945. The van der Waals surface area contributed by atoms with Crippen LogP contribution in [-0.4, -0.2) is 48.1 Å². The second-order valence-electron chi connectivity index (χ2n) is 7.91. The Bertz CT molecular complexity index is 1190. The third-order valence-electron chi connectivity index (χ3n) is 5.97. The highest BCUT2D eigenvalue weighted by Gasteiger charge is 2.36. The summed E-state index contributed by atoms with van der Waals surface area (Å²) in [6, 6.07) is 12.8. The van der Waals surface area contributed by atoms with E-state index in [1.165, 1.54) is 0 Å². The Labute approximate surface area is 187 Å². The van der Waals surface area contributed by atoms with Crippen molar-refractivity contribution in [2.45, 2.75) is 18.7 Å². The van der Waals surface area contributed by atoms with Gasteiger partial charge >= 0.3 is 6.18 Å². The number of ether oxygens (including phenoxy) is 1. The first kappa shape index (κ1) is 20.9. The molecule has 0 N–H and O–H groups in total. The van der Waals surface area contributed by atoms with Crippen LogP contribution >= 0.6 is 11.6 Å². The molecule has 3 heterocycles. The number of carbonyl (C=O) groups is 1. The first-order valence-electron chi connectivity index (χ1n) is 10.2. The molecule has 2 aliphatic heterocycles. The molecule has 0 saturated carbocycles. The number of halogens is 4. The van der Waals surface area contributed by atoms with Gasteiger partial charge in [-0.1, -0.05) is 41.9 Å². The summed E-state index contributed by atoms with van der Waals surface area (Å²) in [5, 5.41) is 2.15. The number of pyridine rings is 1. The van der Waals surface area contributed by atoms with E-state index in [2.05, 4.69) is 4.98 Å². The highest BCUT2D eigenvalue weighted by Crippen LogP contribution is 2.36. The molecule has 0 unspecified atom stereocenters. The Morgan fingerprint density at radius 2 is 1.84 bits per heavy atom. The molecule has 0 aliphatic carbocycles. The van der Waals surface area contributed by atoms with E-state index in [4.69, 9.17) is 16.3 Å². The highest BCUT2D eigenvalue weighted by molar-refractivity contribution is 6.33. The fraction of sp³-hybridized carbons (Fsp3) is 0.304. The van der Waals surface area contributed by atoms with Gasteiger partial charge in [0.2, 0.25) is 0 Å². The van der Waals surface area contributed by atoms with Gasteiger partial charge < -0.3 is 14.5 Å². The summed E-state index contributed by atoms with van der Waals surface area (Å²) in [7, 11) is 0. The van der Waals surface area contributed by atoms with Crippen molar-refractivity contribution in [1.29, 1.82) is 0 Å². The van der Waals surface area contributed by atoms with Crippen LogP contribution in [-0.2, 0) is 17.4 Å². The molecule has 0 radical (unpaired) electrons. The van der Waals surface area contributed by atoms with E-state index in [9.17, 15) is 18.0 Å². The lowest BCUT2D eigenvalue weighted by molar-refractivity contribution is -0.138. The minimum atomic E-state index is -4.50. The molecule has 32 heavy (non-hydrogen) atoms. The number of rotatable bonds is 2. The van der Waals surface area contributed by atoms with Crippen LogP contribution in [0.4, 0.5) is 19.0 Å². The number of hydrogen-bond donors (Lipinski definition) is 0. The molecule has 1 fully saturated rings. The zero-order chi connectivity index (χ0) is 22.5. The van der Waals surface area contributed by atoms with Gasteiger partial charge in [0.05, 0.1) is 10.6 Å². The van der Waals surface area contributed by atoms with E-state index in [-0.39, 0.29) is 10.9 Å². The average Bonchev–Trinajstić information content (AvgIpc) is 3.23. The van der Waals surface area contributed by atoms with Gasteiger partial charge in [0, 0.05) is 44.4 Å². The van der Waals surface area contributed by atoms with Crippen LogP contribution in [0, 0.1) is 0 Å². The van der Waals surface area contributed by atoms with Crippen molar-refractivity contribution in [3.8, 4) is 5.75 Å². The van der Waals surface area contributed by atoms with Crippen molar-refractivity contribution >= 4 is 34.1 Å². The molecular formula is C23H19ClF3N3O2. The Hall–Kier alpha value is -3.00. The van der Waals surface area contributed by atoms with Crippen molar-refractivity contribution in [3.63, 3.8) is 0 Å². The maximum absolute atomic E-state index is 13.1. The van der Waals surface area contributed by atoms with Crippen LogP contribution in [0.15, 0.2) is 48.7 Å². The van der Waals surface area contributed by atoms with Crippen molar-refractivity contribution in [3.05, 3.63) is 64.8 Å². The third-order valence-corrected chi connectivity index (χ3v) is 6.25. The molecule has 0 bridgehead atoms. The van der Waals surface area contributed by atoms with Gasteiger partial charge in [-0.2, -0.15) is 13.2 Å². The normalized spacial score (nSPS) is 18.6. The molecule has 5 rings (SSSR count). The molecule has 2 aliphatic rings. The second-order valence-corrected chi connectivity index (χ2v) is 8.32. The van der Waals surface area contributed by atoms with Crippen molar-refractivity contribution < 1.29 is 22.7 Å². The number of benzene rings is 2. The van der Waals surface area contributed by atoms with E-state index < -0.39 is 17.8 Å². The van der Waals surface area contributed by atoms with Crippen LogP contribution in [0.5, 0.6) is 5.75 Å². The molecule has 1 aromatic heterocycles. The highest BCUT2D eigenvalue weighted by atomic mass is 35.5. The Balaban J connectivity index is 1.25. The zero-order valence-corrected chi connectivity index (χ0v) is 17.7. The van der Waals surface area contributed by atoms with Crippen molar-refractivity contribution in [2.24, 2.45) is 0 Å². The van der Waals surface area contributed by atoms with Gasteiger partial charge in [-0.05, 0) is 22.9 Å². The molecule has 3 aromatic rings. The van der Waals surface area contributed by atoms with Gasteiger partial charge in [0.15, 0.2) is 6.10 Å². The quantitative estimate of drug-likeness (QED) is 0.561. The summed E-state index contributed by atoms with van der Waals surface area (Å²) in [4.78, 5) is 20.5. The van der Waals surface area contributed by atoms with Crippen LogP contribution < -0.4 is 9.64 Å². The number of aromatic nitrogens is 1. The lowest BCUT2D eigenvalue weighted by Crippen LogP contribution is -2.52. The number of carbonyl (C=O) groups excluding carboxylic acids is 1. The smallest absolute Gasteiger partial charge is 0.417 e. The predicted molar refractivity (Wildman–Crippen MR) is 115 cm³/mol. The number of fused-ring (bicyclic) bond motifs is 3. The average molecular weight is 462 g/mol. The maximum atomic E-state index is 13.1. The molecule has 166 valence electrons. The minimum Gasteiger partial charge on any atom is -0.480 e. The Morgan fingerprint density at radius 1 is 1.09 bits per heavy atom. The zero-order valence-electron chi connectivity index (χ0n) is 16.9. The molecule has 1 saturated heterocycles. The Kier molecular flexibility index (Phi) is 5.12. The first-order chi connectivity index (χ1) is 15.3. The van der Waals surface area contributed by atoms with Crippen LogP contribution in [0.25, 0.3) is 10.8 Å². The largest absolute Gasteiger partial charge is 0.480 e.